The van der Waals surface area contributed by atoms with E-state index in [1.54, 1.807) is 20.8 Å². The lowest BCUT2D eigenvalue weighted by atomic mass is 10.9. The van der Waals surface area contributed by atoms with E-state index >= 15 is 0 Å². The van der Waals surface area contributed by atoms with Crippen LogP contribution in [0.15, 0.2) is 11.2 Å². The third-order valence-corrected chi connectivity index (χ3v) is 6.42. The highest BCUT2D eigenvalue weighted by atomic mass is 32.3. The summed E-state index contributed by atoms with van der Waals surface area (Å²) in [6.45, 7) is 5.31. The Labute approximate surface area is 73.2 Å². The molecule has 0 spiro atoms. The van der Waals surface area contributed by atoms with Crippen molar-refractivity contribution in [3.05, 3.63) is 11.2 Å². The maximum Gasteiger partial charge on any atom is 0.310 e. The molecule has 0 atom stereocenters. The van der Waals surface area contributed by atoms with Gasteiger partial charge in [0.1, 0.15) is 0 Å². The summed E-state index contributed by atoms with van der Waals surface area (Å²) in [5.74, 6) is 1.51. The van der Waals surface area contributed by atoms with Crippen LogP contribution in [-0.2, 0) is 0 Å². The molecule has 0 heterocycles. The molecular weight excluding hydrogens is 185 g/mol. The average molecular weight is 200 g/mol. The van der Waals surface area contributed by atoms with E-state index in [0.717, 1.165) is 0 Å². The molecule has 0 aromatic carbocycles. The molecule has 0 aliphatic rings. The first-order chi connectivity index (χ1) is 5.54. The fraction of sp³-hybridized carbons (Fsp3) is 0.750. The van der Waals surface area contributed by atoms with Crippen LogP contribution in [0.1, 0.15) is 20.8 Å². The van der Waals surface area contributed by atoms with Gasteiger partial charge in [0, 0.05) is 0 Å². The smallest absolute Gasteiger partial charge is 0.195 e. The monoisotopic (exact) mass is 200 g/mol. The molecule has 0 aromatic rings. The lowest BCUT2D eigenvalue weighted by molar-refractivity contribution is 0.394. The lowest BCUT2D eigenvalue weighted by Gasteiger charge is -2.34. The highest BCUT2D eigenvalue weighted by Gasteiger charge is 2.27. The van der Waals surface area contributed by atoms with E-state index in [4.69, 9.17) is 0 Å². The van der Waals surface area contributed by atoms with E-state index in [9.17, 15) is 13.2 Å². The van der Waals surface area contributed by atoms with Crippen LogP contribution >= 0.6 is 10.0 Å². The van der Waals surface area contributed by atoms with Gasteiger partial charge in [-0.25, -0.2) is 0 Å². The first-order valence-electron chi connectivity index (χ1n) is 4.01. The molecule has 4 heteroatoms. The Kier molecular flexibility index (Phi) is 4.75. The van der Waals surface area contributed by atoms with Crippen molar-refractivity contribution in [1.29, 1.82) is 0 Å². The summed E-state index contributed by atoms with van der Waals surface area (Å²) in [5, 5.41) is -1.14. The van der Waals surface area contributed by atoms with Gasteiger partial charge >= 0.3 is 6.08 Å². The van der Waals surface area contributed by atoms with Gasteiger partial charge in [0.2, 0.25) is 5.16 Å². The Hall–Kier alpha value is -0.120. The predicted octanol–water partition coefficient (Wildman–Crippen LogP) is 3.89. The molecule has 74 valence electrons. The summed E-state index contributed by atoms with van der Waals surface area (Å²) in [7, 11) is -1.83. The molecule has 0 aliphatic heterocycles. The molecule has 0 N–H and O–H groups in total. The topological polar surface area (TPSA) is 0 Å². The Morgan fingerprint density at radius 1 is 0.917 bits per heavy atom. The average Bonchev–Trinajstić information content (AvgIpc) is 2.08. The van der Waals surface area contributed by atoms with Gasteiger partial charge in [-0.05, 0) is 17.3 Å². The largest absolute Gasteiger partial charge is 0.310 e. The molecule has 0 aliphatic carbocycles. The van der Waals surface area contributed by atoms with E-state index in [2.05, 4.69) is 0 Å². The molecule has 0 aromatic heterocycles. The zero-order chi connectivity index (χ0) is 9.78. The minimum Gasteiger partial charge on any atom is -0.195 e. The third-order valence-electron chi connectivity index (χ3n) is 2.19. The Morgan fingerprint density at radius 2 is 1.25 bits per heavy atom. The fourth-order valence-corrected chi connectivity index (χ4v) is 3.47. The fourth-order valence-electron chi connectivity index (χ4n) is 1.16. The maximum atomic E-state index is 13.0. The second-order valence-electron chi connectivity index (χ2n) is 2.45. The van der Waals surface area contributed by atoms with Crippen LogP contribution in [0.2, 0.25) is 0 Å². The van der Waals surface area contributed by atoms with Crippen molar-refractivity contribution in [3.8, 4) is 0 Å². The summed E-state index contributed by atoms with van der Waals surface area (Å²) in [6, 6.07) is 0. The molecule has 0 saturated heterocycles. The molecule has 0 nitrogen and oxygen atoms in total. The van der Waals surface area contributed by atoms with E-state index in [-0.39, 0.29) is 0 Å². The van der Waals surface area contributed by atoms with Crippen LogP contribution in [0, 0.1) is 0 Å². The van der Waals surface area contributed by atoms with Gasteiger partial charge in [-0.15, -0.1) is 0 Å². The van der Waals surface area contributed by atoms with Gasteiger partial charge in [0.05, 0.1) is 0 Å². The maximum absolute atomic E-state index is 13.0. The van der Waals surface area contributed by atoms with Crippen LogP contribution in [0.4, 0.5) is 13.2 Å². The summed E-state index contributed by atoms with van der Waals surface area (Å²) < 4.78 is 37.0. The van der Waals surface area contributed by atoms with E-state index in [1.165, 1.54) is 0 Å². The second kappa shape index (κ2) is 4.80. The minimum absolute atomic E-state index is 0.503. The second-order valence-corrected chi connectivity index (χ2v) is 6.63. The number of halogens is 3. The normalized spacial score (nSPS) is 12.8. The van der Waals surface area contributed by atoms with Crippen LogP contribution in [0.25, 0.3) is 0 Å². The molecule has 0 amide bonds. The highest BCUT2D eigenvalue weighted by Crippen LogP contribution is 2.56. The zero-order valence-corrected chi connectivity index (χ0v) is 8.48. The molecular formula is C8H15F3S. The van der Waals surface area contributed by atoms with Crippen molar-refractivity contribution in [1.82, 2.24) is 0 Å². The quantitative estimate of drug-likeness (QED) is 0.646. The number of hydrogen-bond donors (Lipinski definition) is 0. The van der Waals surface area contributed by atoms with Crippen LogP contribution < -0.4 is 0 Å². The van der Waals surface area contributed by atoms with Crippen molar-refractivity contribution >= 4 is 10.0 Å². The van der Waals surface area contributed by atoms with Gasteiger partial charge < -0.3 is 0 Å². The Morgan fingerprint density at radius 3 is 1.33 bits per heavy atom. The Balaban J connectivity index is 4.84. The minimum atomic E-state index is -2.13. The summed E-state index contributed by atoms with van der Waals surface area (Å²) in [4.78, 5) is 0. The van der Waals surface area contributed by atoms with Crippen LogP contribution in [-0.4, -0.2) is 17.3 Å². The van der Waals surface area contributed by atoms with Crippen molar-refractivity contribution in [3.63, 3.8) is 0 Å². The SMILES string of the molecule is CCS(CC)(CC)C(F)=C(F)F. The van der Waals surface area contributed by atoms with Crippen LogP contribution in [0.3, 0.4) is 0 Å². The van der Waals surface area contributed by atoms with E-state index < -0.39 is 21.3 Å². The summed E-state index contributed by atoms with van der Waals surface area (Å²) >= 11 is 0. The first kappa shape index (κ1) is 11.9. The van der Waals surface area contributed by atoms with Gasteiger partial charge in [0.25, 0.3) is 0 Å². The number of hydrogen-bond acceptors (Lipinski definition) is 0. The van der Waals surface area contributed by atoms with Crippen molar-refractivity contribution in [2.45, 2.75) is 20.8 Å². The highest BCUT2D eigenvalue weighted by molar-refractivity contribution is 8.36. The van der Waals surface area contributed by atoms with Gasteiger partial charge in [-0.1, -0.05) is 20.8 Å². The zero-order valence-electron chi connectivity index (χ0n) is 7.66. The molecule has 0 unspecified atom stereocenters. The Bertz CT molecular complexity index is 161. The standard InChI is InChI=1S/C8H15F3S/c1-4-12(5-2,6-3)8(11)7(9)10/h4-6H2,1-3H3. The van der Waals surface area contributed by atoms with Crippen molar-refractivity contribution in [2.75, 3.05) is 17.3 Å². The van der Waals surface area contributed by atoms with Gasteiger partial charge in [-0.2, -0.15) is 23.2 Å². The molecule has 0 rings (SSSR count). The molecule has 0 saturated carbocycles. The third kappa shape index (κ3) is 2.19. The lowest BCUT2D eigenvalue weighted by Crippen LogP contribution is -2.09. The molecule has 0 fully saturated rings. The van der Waals surface area contributed by atoms with Gasteiger partial charge in [-0.3, -0.25) is 0 Å². The van der Waals surface area contributed by atoms with E-state index in [1.807, 2.05) is 0 Å². The summed E-state index contributed by atoms with van der Waals surface area (Å²) in [6.07, 6.45) is -2.13. The molecule has 0 bridgehead atoms. The van der Waals surface area contributed by atoms with E-state index in [0.29, 0.717) is 17.3 Å². The molecule has 0 radical (unpaired) electrons. The van der Waals surface area contributed by atoms with Crippen LogP contribution in [0.5, 0.6) is 0 Å². The van der Waals surface area contributed by atoms with Crippen molar-refractivity contribution in [2.24, 2.45) is 0 Å². The molecule has 12 heavy (non-hydrogen) atoms. The first-order valence-corrected chi connectivity index (χ1v) is 6.15. The summed E-state index contributed by atoms with van der Waals surface area (Å²) in [5.41, 5.74) is 0. The number of rotatable bonds is 4. The predicted molar refractivity (Wildman–Crippen MR) is 49.6 cm³/mol. The van der Waals surface area contributed by atoms with Crippen molar-refractivity contribution < 1.29 is 13.2 Å². The van der Waals surface area contributed by atoms with Gasteiger partial charge in [0.15, 0.2) is 0 Å².